The number of carbonyl (C=O) groups is 2. The predicted octanol–water partition coefficient (Wildman–Crippen LogP) is 0.630. The molecule has 5 heteroatoms. The molecule has 0 N–H and O–H groups in total. The Labute approximate surface area is 62.3 Å². The van der Waals surface area contributed by atoms with Gasteiger partial charge in [0.15, 0.2) is 5.92 Å². The van der Waals surface area contributed by atoms with Gasteiger partial charge < -0.3 is 4.74 Å². The van der Waals surface area contributed by atoms with Gasteiger partial charge in [-0.05, 0) is 6.92 Å². The summed E-state index contributed by atoms with van der Waals surface area (Å²) in [5, 5.41) is 0. The molecule has 3 nitrogen and oxygen atoms in total. The molecule has 0 aromatic carbocycles. The van der Waals surface area contributed by atoms with Crippen molar-refractivity contribution in [2.45, 2.75) is 13.3 Å². The van der Waals surface area contributed by atoms with Crippen LogP contribution >= 0.6 is 0 Å². The van der Waals surface area contributed by atoms with E-state index in [9.17, 15) is 18.4 Å². The van der Waals surface area contributed by atoms with Crippen molar-refractivity contribution < 1.29 is 23.1 Å². The molecule has 0 aliphatic heterocycles. The number of esters is 1. The largest absolute Gasteiger partial charge is 0.468 e. The number of halogens is 2. The van der Waals surface area contributed by atoms with E-state index in [2.05, 4.69) is 4.74 Å². The molecule has 0 aromatic heterocycles. The Morgan fingerprint density at radius 2 is 1.82 bits per heavy atom. The number of rotatable bonds is 3. The van der Waals surface area contributed by atoms with Crippen molar-refractivity contribution in [1.82, 2.24) is 0 Å². The normalized spacial score (nSPS) is 12.8. The second-order valence-corrected chi connectivity index (χ2v) is 1.95. The van der Waals surface area contributed by atoms with Crippen LogP contribution in [0.1, 0.15) is 6.92 Å². The number of Topliss-reactive ketones (excluding diaryl/α,β-unsaturated/α-hetero) is 1. The van der Waals surface area contributed by atoms with Gasteiger partial charge in [0.05, 0.1) is 7.11 Å². The van der Waals surface area contributed by atoms with E-state index in [-0.39, 0.29) is 0 Å². The number of alkyl halides is 2. The molecule has 0 rings (SSSR count). The molecule has 0 aromatic rings. The van der Waals surface area contributed by atoms with E-state index in [1.165, 1.54) is 0 Å². The van der Waals surface area contributed by atoms with Crippen molar-refractivity contribution >= 4 is 11.8 Å². The summed E-state index contributed by atoms with van der Waals surface area (Å²) in [6.45, 7) is 0.924. The van der Waals surface area contributed by atoms with E-state index in [1.807, 2.05) is 0 Å². The Hall–Kier alpha value is -1.00. The molecule has 11 heavy (non-hydrogen) atoms. The van der Waals surface area contributed by atoms with Gasteiger partial charge >= 0.3 is 5.97 Å². The van der Waals surface area contributed by atoms with Crippen molar-refractivity contribution in [1.29, 1.82) is 0 Å². The van der Waals surface area contributed by atoms with Gasteiger partial charge in [-0.15, -0.1) is 0 Å². The molecule has 0 aliphatic carbocycles. The zero-order valence-electron chi connectivity index (χ0n) is 6.14. The molecule has 0 saturated heterocycles. The summed E-state index contributed by atoms with van der Waals surface area (Å²) in [5.41, 5.74) is 0. The summed E-state index contributed by atoms with van der Waals surface area (Å²) in [6.07, 6.45) is -2.99. The Morgan fingerprint density at radius 3 is 1.91 bits per heavy atom. The van der Waals surface area contributed by atoms with E-state index < -0.39 is 24.1 Å². The van der Waals surface area contributed by atoms with Gasteiger partial charge in [0.2, 0.25) is 0 Å². The Morgan fingerprint density at radius 1 is 1.36 bits per heavy atom. The molecule has 1 atom stereocenters. The third kappa shape index (κ3) is 2.61. The Balaban J connectivity index is 4.34. The maximum absolute atomic E-state index is 11.9. The molecular formula is C6H8F2O3. The second-order valence-electron chi connectivity index (χ2n) is 1.95. The maximum Gasteiger partial charge on any atom is 0.322 e. The fraction of sp³-hybridized carbons (Fsp3) is 0.667. The minimum absolute atomic E-state index is 0.883. The third-order valence-corrected chi connectivity index (χ3v) is 1.15. The SMILES string of the molecule is COC(=O)C(C(C)=O)C(F)F. The number of ketones is 1. The van der Waals surface area contributed by atoms with Crippen molar-refractivity contribution in [2.75, 3.05) is 7.11 Å². The van der Waals surface area contributed by atoms with Crippen molar-refractivity contribution in [3.05, 3.63) is 0 Å². The number of methoxy groups -OCH3 is 1. The van der Waals surface area contributed by atoms with Crippen LogP contribution in [0.4, 0.5) is 8.78 Å². The quantitative estimate of drug-likeness (QED) is 0.456. The first kappa shape index (κ1) is 10.0. The lowest BCUT2D eigenvalue weighted by Crippen LogP contribution is -2.29. The monoisotopic (exact) mass is 166 g/mol. The first-order valence-electron chi connectivity index (χ1n) is 2.87. The Kier molecular flexibility index (Phi) is 3.64. The van der Waals surface area contributed by atoms with Gasteiger partial charge in [0, 0.05) is 0 Å². The minimum Gasteiger partial charge on any atom is -0.468 e. The van der Waals surface area contributed by atoms with Crippen molar-refractivity contribution in [2.24, 2.45) is 5.92 Å². The topological polar surface area (TPSA) is 43.4 Å². The zero-order valence-corrected chi connectivity index (χ0v) is 6.14. The summed E-state index contributed by atoms with van der Waals surface area (Å²) in [4.78, 5) is 20.9. The molecule has 1 unspecified atom stereocenters. The molecule has 0 amide bonds. The fourth-order valence-electron chi connectivity index (χ4n) is 0.573. The van der Waals surface area contributed by atoms with Crippen LogP contribution in [0, 0.1) is 5.92 Å². The van der Waals surface area contributed by atoms with Gasteiger partial charge in [0.25, 0.3) is 6.43 Å². The van der Waals surface area contributed by atoms with Gasteiger partial charge in [0.1, 0.15) is 5.78 Å². The highest BCUT2D eigenvalue weighted by atomic mass is 19.3. The van der Waals surface area contributed by atoms with Crippen LogP contribution in [0.2, 0.25) is 0 Å². The molecule has 64 valence electrons. The van der Waals surface area contributed by atoms with Crippen LogP contribution in [0.25, 0.3) is 0 Å². The van der Waals surface area contributed by atoms with Gasteiger partial charge in [-0.25, -0.2) is 8.78 Å². The third-order valence-electron chi connectivity index (χ3n) is 1.15. The standard InChI is InChI=1S/C6H8F2O3/c1-3(9)4(5(7)8)6(10)11-2/h4-5H,1-2H3. The summed E-state index contributed by atoms with van der Waals surface area (Å²) in [6, 6.07) is 0. The van der Waals surface area contributed by atoms with Gasteiger partial charge in [-0.1, -0.05) is 0 Å². The van der Waals surface area contributed by atoms with E-state index >= 15 is 0 Å². The molecular weight excluding hydrogens is 158 g/mol. The Bertz CT molecular complexity index is 167. The van der Waals surface area contributed by atoms with Crippen molar-refractivity contribution in [3.8, 4) is 0 Å². The minimum atomic E-state index is -2.99. The van der Waals surface area contributed by atoms with E-state index in [4.69, 9.17) is 0 Å². The molecule has 0 aliphatic rings. The van der Waals surface area contributed by atoms with Crippen LogP contribution in [0.15, 0.2) is 0 Å². The summed E-state index contributed by atoms with van der Waals surface area (Å²) < 4.78 is 27.7. The number of carbonyl (C=O) groups excluding carboxylic acids is 2. The van der Waals surface area contributed by atoms with Crippen LogP contribution in [-0.2, 0) is 14.3 Å². The fourth-order valence-corrected chi connectivity index (χ4v) is 0.573. The molecule has 0 fully saturated rings. The first-order chi connectivity index (χ1) is 5.00. The highest BCUT2D eigenvalue weighted by Crippen LogP contribution is 2.12. The zero-order chi connectivity index (χ0) is 9.02. The lowest BCUT2D eigenvalue weighted by Gasteiger charge is -2.08. The van der Waals surface area contributed by atoms with Crippen LogP contribution < -0.4 is 0 Å². The smallest absolute Gasteiger partial charge is 0.322 e. The molecule has 0 bridgehead atoms. The molecule has 0 spiro atoms. The summed E-state index contributed by atoms with van der Waals surface area (Å²) in [7, 11) is 0.959. The second kappa shape index (κ2) is 4.00. The van der Waals surface area contributed by atoms with Crippen LogP contribution in [0.3, 0.4) is 0 Å². The summed E-state index contributed by atoms with van der Waals surface area (Å²) >= 11 is 0. The predicted molar refractivity (Wildman–Crippen MR) is 32.2 cm³/mol. The van der Waals surface area contributed by atoms with E-state index in [0.717, 1.165) is 14.0 Å². The number of hydrogen-bond donors (Lipinski definition) is 0. The molecule has 0 heterocycles. The lowest BCUT2D eigenvalue weighted by molar-refractivity contribution is -0.154. The van der Waals surface area contributed by atoms with E-state index in [1.54, 1.807) is 0 Å². The average molecular weight is 166 g/mol. The average Bonchev–Trinajstić information content (AvgIpc) is 1.85. The molecule has 0 radical (unpaired) electrons. The van der Waals surface area contributed by atoms with Crippen LogP contribution in [0.5, 0.6) is 0 Å². The van der Waals surface area contributed by atoms with E-state index in [0.29, 0.717) is 0 Å². The van der Waals surface area contributed by atoms with Crippen LogP contribution in [-0.4, -0.2) is 25.3 Å². The molecule has 0 saturated carbocycles. The maximum atomic E-state index is 11.9. The number of ether oxygens (including phenoxy) is 1. The van der Waals surface area contributed by atoms with Gasteiger partial charge in [-0.3, -0.25) is 9.59 Å². The highest BCUT2D eigenvalue weighted by molar-refractivity contribution is 5.98. The number of hydrogen-bond acceptors (Lipinski definition) is 3. The van der Waals surface area contributed by atoms with Gasteiger partial charge in [-0.2, -0.15) is 0 Å². The lowest BCUT2D eigenvalue weighted by atomic mass is 10.1. The van der Waals surface area contributed by atoms with Crippen molar-refractivity contribution in [3.63, 3.8) is 0 Å². The first-order valence-corrected chi connectivity index (χ1v) is 2.87. The highest BCUT2D eigenvalue weighted by Gasteiger charge is 2.33. The summed E-state index contributed by atoms with van der Waals surface area (Å²) in [5.74, 6) is -4.00.